The van der Waals surface area contributed by atoms with Crippen molar-refractivity contribution in [1.29, 1.82) is 5.26 Å². The van der Waals surface area contributed by atoms with E-state index in [2.05, 4.69) is 15.5 Å². The number of amides is 1. The first-order valence-corrected chi connectivity index (χ1v) is 10.1. The molecular weight excluding hydrogens is 370 g/mol. The van der Waals surface area contributed by atoms with Crippen molar-refractivity contribution in [2.45, 2.75) is 23.3 Å². The van der Waals surface area contributed by atoms with Gasteiger partial charge in [-0.1, -0.05) is 41.3 Å². The zero-order valence-electron chi connectivity index (χ0n) is 14.1. The molecule has 1 aromatic carbocycles. The maximum absolute atomic E-state index is 12.5. The van der Waals surface area contributed by atoms with Crippen LogP contribution in [0.25, 0.3) is 0 Å². The SMILES string of the molecule is N#CCN(C(=O)CSc1nnc(NC[C@@H]2CCCO2)s1)c1ccccc1. The fourth-order valence-corrected chi connectivity index (χ4v) is 4.18. The van der Waals surface area contributed by atoms with Crippen LogP contribution in [0.3, 0.4) is 0 Å². The Labute approximate surface area is 160 Å². The fraction of sp³-hybridized carbons (Fsp3) is 0.412. The molecule has 1 N–H and O–H groups in total. The Morgan fingerprint density at radius 3 is 3.00 bits per heavy atom. The molecule has 3 rings (SSSR count). The summed E-state index contributed by atoms with van der Waals surface area (Å²) in [4.78, 5) is 14.0. The maximum Gasteiger partial charge on any atom is 0.238 e. The average molecular weight is 390 g/mol. The molecule has 1 aromatic heterocycles. The normalized spacial score (nSPS) is 16.2. The highest BCUT2D eigenvalue weighted by molar-refractivity contribution is 8.01. The number of rotatable bonds is 8. The molecule has 0 unspecified atom stereocenters. The maximum atomic E-state index is 12.5. The molecule has 0 radical (unpaired) electrons. The number of thioether (sulfide) groups is 1. The van der Waals surface area contributed by atoms with Crippen molar-refractivity contribution in [3.8, 4) is 6.07 Å². The van der Waals surface area contributed by atoms with E-state index in [4.69, 9.17) is 10.00 Å². The van der Waals surface area contributed by atoms with Crippen molar-refractivity contribution in [2.75, 3.05) is 35.7 Å². The van der Waals surface area contributed by atoms with E-state index in [0.717, 1.165) is 41.2 Å². The Balaban J connectivity index is 1.51. The molecule has 136 valence electrons. The molecule has 0 aliphatic carbocycles. The van der Waals surface area contributed by atoms with E-state index in [0.29, 0.717) is 0 Å². The van der Waals surface area contributed by atoms with E-state index < -0.39 is 0 Å². The highest BCUT2D eigenvalue weighted by Gasteiger charge is 2.18. The summed E-state index contributed by atoms with van der Waals surface area (Å²) in [5.41, 5.74) is 0.718. The van der Waals surface area contributed by atoms with E-state index in [-0.39, 0.29) is 24.3 Å². The summed E-state index contributed by atoms with van der Waals surface area (Å²) in [6, 6.07) is 11.2. The number of ether oxygens (including phenoxy) is 1. The monoisotopic (exact) mass is 389 g/mol. The number of carbonyl (C=O) groups excluding carboxylic acids is 1. The van der Waals surface area contributed by atoms with Crippen LogP contribution < -0.4 is 10.2 Å². The summed E-state index contributed by atoms with van der Waals surface area (Å²) in [7, 11) is 0. The summed E-state index contributed by atoms with van der Waals surface area (Å²) in [5, 5.41) is 21.2. The molecule has 2 aromatic rings. The number of hydrogen-bond donors (Lipinski definition) is 1. The fourth-order valence-electron chi connectivity index (χ4n) is 2.55. The number of nitrogens with one attached hydrogen (secondary N) is 1. The van der Waals surface area contributed by atoms with Crippen LogP contribution in [0.5, 0.6) is 0 Å². The van der Waals surface area contributed by atoms with Gasteiger partial charge in [-0.05, 0) is 25.0 Å². The number of nitriles is 1. The first kappa shape index (κ1) is 18.6. The van der Waals surface area contributed by atoms with E-state index in [1.54, 1.807) is 0 Å². The van der Waals surface area contributed by atoms with Crippen LogP contribution in [0.4, 0.5) is 10.8 Å². The van der Waals surface area contributed by atoms with Gasteiger partial charge in [0.2, 0.25) is 11.0 Å². The predicted octanol–water partition coefficient (Wildman–Crippen LogP) is 2.78. The second kappa shape index (κ2) is 9.52. The number of hydrogen-bond acceptors (Lipinski definition) is 8. The molecule has 1 aliphatic heterocycles. The molecule has 9 heteroatoms. The summed E-state index contributed by atoms with van der Waals surface area (Å²) in [6.45, 7) is 1.57. The third kappa shape index (κ3) is 5.17. The average Bonchev–Trinajstić information content (AvgIpc) is 3.35. The van der Waals surface area contributed by atoms with Gasteiger partial charge >= 0.3 is 0 Å². The molecule has 26 heavy (non-hydrogen) atoms. The van der Waals surface area contributed by atoms with Crippen LogP contribution in [-0.4, -0.2) is 47.7 Å². The van der Waals surface area contributed by atoms with Gasteiger partial charge in [0.05, 0.1) is 17.9 Å². The Hall–Kier alpha value is -2.15. The zero-order valence-corrected chi connectivity index (χ0v) is 15.8. The van der Waals surface area contributed by atoms with Crippen molar-refractivity contribution >= 4 is 39.8 Å². The van der Waals surface area contributed by atoms with E-state index >= 15 is 0 Å². The first-order chi connectivity index (χ1) is 12.8. The van der Waals surface area contributed by atoms with E-state index in [1.165, 1.54) is 28.0 Å². The van der Waals surface area contributed by atoms with Gasteiger partial charge in [0.1, 0.15) is 6.54 Å². The third-order valence-electron chi connectivity index (χ3n) is 3.83. The van der Waals surface area contributed by atoms with Crippen molar-refractivity contribution in [3.63, 3.8) is 0 Å². The Bertz CT molecular complexity index is 756. The van der Waals surface area contributed by atoms with Crippen LogP contribution in [0, 0.1) is 11.3 Å². The topological polar surface area (TPSA) is 91.1 Å². The van der Waals surface area contributed by atoms with Crippen LogP contribution >= 0.6 is 23.1 Å². The number of nitrogens with zero attached hydrogens (tertiary/aromatic N) is 4. The van der Waals surface area contributed by atoms with Gasteiger partial charge in [0, 0.05) is 18.8 Å². The summed E-state index contributed by atoms with van der Waals surface area (Å²) in [6.07, 6.45) is 2.41. The van der Waals surface area contributed by atoms with Crippen LogP contribution in [-0.2, 0) is 9.53 Å². The van der Waals surface area contributed by atoms with Crippen molar-refractivity contribution in [1.82, 2.24) is 10.2 Å². The predicted molar refractivity (Wildman–Crippen MR) is 103 cm³/mol. The summed E-state index contributed by atoms with van der Waals surface area (Å²) in [5.74, 6) is 0.0727. The molecular formula is C17H19N5O2S2. The molecule has 1 atom stereocenters. The van der Waals surface area contributed by atoms with Gasteiger partial charge < -0.3 is 10.1 Å². The lowest BCUT2D eigenvalue weighted by Crippen LogP contribution is -2.32. The van der Waals surface area contributed by atoms with Gasteiger partial charge in [-0.3, -0.25) is 9.69 Å². The molecule has 1 aliphatic rings. The quantitative estimate of drug-likeness (QED) is 0.548. The standard InChI is InChI=1S/C17H19N5O2S2/c18-8-9-22(13-5-2-1-3-6-13)15(23)12-25-17-21-20-16(26-17)19-11-14-7-4-10-24-14/h1-3,5-6,14H,4,7,9-12H2,(H,19,20)/t14-/m0/s1. The molecule has 1 amide bonds. The lowest BCUT2D eigenvalue weighted by molar-refractivity contribution is -0.116. The van der Waals surface area contributed by atoms with Crippen molar-refractivity contribution in [2.24, 2.45) is 0 Å². The van der Waals surface area contributed by atoms with Gasteiger partial charge in [-0.25, -0.2) is 0 Å². The number of benzene rings is 1. The molecule has 0 spiro atoms. The highest BCUT2D eigenvalue weighted by Crippen LogP contribution is 2.26. The highest BCUT2D eigenvalue weighted by atomic mass is 32.2. The molecule has 1 saturated heterocycles. The second-order valence-electron chi connectivity index (χ2n) is 5.65. The van der Waals surface area contributed by atoms with Crippen molar-refractivity contribution < 1.29 is 9.53 Å². The Morgan fingerprint density at radius 2 is 2.27 bits per heavy atom. The number of para-hydroxylation sites is 1. The van der Waals surface area contributed by atoms with Gasteiger partial charge in [-0.2, -0.15) is 5.26 Å². The minimum atomic E-state index is -0.133. The lowest BCUT2D eigenvalue weighted by Gasteiger charge is -2.19. The Morgan fingerprint density at radius 1 is 1.42 bits per heavy atom. The molecule has 7 nitrogen and oxygen atoms in total. The van der Waals surface area contributed by atoms with Gasteiger partial charge in [0.25, 0.3) is 0 Å². The van der Waals surface area contributed by atoms with E-state index in [1.807, 2.05) is 36.4 Å². The van der Waals surface area contributed by atoms with Crippen LogP contribution in [0.1, 0.15) is 12.8 Å². The lowest BCUT2D eigenvalue weighted by atomic mass is 10.2. The molecule has 0 saturated carbocycles. The van der Waals surface area contributed by atoms with Crippen LogP contribution in [0.2, 0.25) is 0 Å². The van der Waals surface area contributed by atoms with Gasteiger partial charge in [-0.15, -0.1) is 10.2 Å². The smallest absolute Gasteiger partial charge is 0.238 e. The Kier molecular flexibility index (Phi) is 6.82. The number of anilines is 2. The molecule has 1 fully saturated rings. The largest absolute Gasteiger partial charge is 0.376 e. The number of aromatic nitrogens is 2. The van der Waals surface area contributed by atoms with Crippen molar-refractivity contribution in [3.05, 3.63) is 30.3 Å². The minimum absolute atomic E-state index is 0.0215. The molecule has 0 bridgehead atoms. The van der Waals surface area contributed by atoms with Gasteiger partial charge in [0.15, 0.2) is 4.34 Å². The number of carbonyl (C=O) groups is 1. The first-order valence-electron chi connectivity index (χ1n) is 8.30. The van der Waals surface area contributed by atoms with Crippen LogP contribution in [0.15, 0.2) is 34.7 Å². The van der Waals surface area contributed by atoms with E-state index in [9.17, 15) is 4.79 Å². The summed E-state index contributed by atoms with van der Waals surface area (Å²) < 4.78 is 6.28. The zero-order chi connectivity index (χ0) is 18.2. The minimum Gasteiger partial charge on any atom is -0.376 e. The third-order valence-corrected chi connectivity index (χ3v) is 5.83. The second-order valence-corrected chi connectivity index (χ2v) is 7.85. The summed E-state index contributed by atoms with van der Waals surface area (Å²) >= 11 is 2.75. The molecule has 2 heterocycles.